The van der Waals surface area contributed by atoms with Gasteiger partial charge in [0, 0.05) is 52.7 Å². The number of nitrogens with zero attached hydrogens (tertiary/aromatic N) is 7. The van der Waals surface area contributed by atoms with Crippen LogP contribution in [0, 0.1) is 6.92 Å². The summed E-state index contributed by atoms with van der Waals surface area (Å²) in [6.07, 6.45) is 3.53. The summed E-state index contributed by atoms with van der Waals surface area (Å²) < 4.78 is 28.9. The highest BCUT2D eigenvalue weighted by Crippen LogP contribution is 2.20. The first-order valence-corrected chi connectivity index (χ1v) is 8.40. The number of aromatic nitrogens is 4. The van der Waals surface area contributed by atoms with Crippen molar-refractivity contribution < 1.29 is 8.42 Å². The average Bonchev–Trinajstić information content (AvgIpc) is 2.89. The third-order valence-electron chi connectivity index (χ3n) is 3.80. The molecule has 0 radical (unpaired) electrons. The fourth-order valence-corrected chi connectivity index (χ4v) is 3.60. The molecule has 0 amide bonds. The van der Waals surface area contributed by atoms with Crippen molar-refractivity contribution in [2.24, 2.45) is 0 Å². The van der Waals surface area contributed by atoms with Crippen molar-refractivity contribution in [1.29, 1.82) is 0 Å². The van der Waals surface area contributed by atoms with Gasteiger partial charge < -0.3 is 4.90 Å². The topological polar surface area (TPSA) is 86.9 Å². The van der Waals surface area contributed by atoms with Gasteiger partial charge >= 0.3 is 0 Å². The van der Waals surface area contributed by atoms with Gasteiger partial charge in [0.2, 0.25) is 5.65 Å². The van der Waals surface area contributed by atoms with Gasteiger partial charge in [0.05, 0.1) is 0 Å². The van der Waals surface area contributed by atoms with Crippen molar-refractivity contribution in [3.63, 3.8) is 0 Å². The van der Waals surface area contributed by atoms with Crippen molar-refractivity contribution in [2.45, 2.75) is 6.92 Å². The molecule has 0 bridgehead atoms. The van der Waals surface area contributed by atoms with Gasteiger partial charge in [-0.3, -0.25) is 4.40 Å². The van der Waals surface area contributed by atoms with Crippen LogP contribution in [-0.4, -0.2) is 76.9 Å². The van der Waals surface area contributed by atoms with Crippen LogP contribution in [0.25, 0.3) is 5.65 Å². The van der Waals surface area contributed by atoms with Crippen LogP contribution in [0.3, 0.4) is 0 Å². The van der Waals surface area contributed by atoms with E-state index < -0.39 is 10.2 Å². The number of aryl methyl sites for hydroxylation is 1. The van der Waals surface area contributed by atoms with Crippen molar-refractivity contribution in [1.82, 2.24) is 28.2 Å². The molecule has 1 fully saturated rings. The van der Waals surface area contributed by atoms with E-state index in [0.717, 1.165) is 11.6 Å². The summed E-state index contributed by atoms with van der Waals surface area (Å²) in [6.45, 7) is 3.88. The molecule has 10 heteroatoms. The lowest BCUT2D eigenvalue weighted by molar-refractivity contribution is 0.355. The lowest BCUT2D eigenvalue weighted by Crippen LogP contribution is -2.52. The minimum absolute atomic E-state index is 0.427. The van der Waals surface area contributed by atoms with Gasteiger partial charge in [-0.15, -0.1) is 10.2 Å². The van der Waals surface area contributed by atoms with Gasteiger partial charge in [-0.2, -0.15) is 17.0 Å². The van der Waals surface area contributed by atoms with Crippen LogP contribution < -0.4 is 4.90 Å². The molecule has 120 valence electrons. The van der Waals surface area contributed by atoms with Crippen LogP contribution in [0.5, 0.6) is 0 Å². The van der Waals surface area contributed by atoms with Gasteiger partial charge in [0.25, 0.3) is 10.2 Å². The Morgan fingerprint density at radius 2 is 1.82 bits per heavy atom. The molecule has 0 saturated carbocycles. The number of hydrogen-bond acceptors (Lipinski definition) is 6. The second-order valence-corrected chi connectivity index (χ2v) is 7.51. The average molecular weight is 325 g/mol. The van der Waals surface area contributed by atoms with Gasteiger partial charge in [-0.05, 0) is 6.92 Å². The predicted octanol–water partition coefficient (Wildman–Crippen LogP) is -0.639. The molecule has 1 aliphatic rings. The highest BCUT2D eigenvalue weighted by molar-refractivity contribution is 7.86. The highest BCUT2D eigenvalue weighted by atomic mass is 32.2. The summed E-state index contributed by atoms with van der Waals surface area (Å²) >= 11 is 0. The quantitative estimate of drug-likeness (QED) is 0.746. The molecular formula is C12H19N7O2S. The first kappa shape index (κ1) is 15.1. The third-order valence-corrected chi connectivity index (χ3v) is 5.75. The summed E-state index contributed by atoms with van der Waals surface area (Å²) in [5.74, 6) is 1.54. The van der Waals surface area contributed by atoms with Crippen molar-refractivity contribution in [3.8, 4) is 0 Å². The zero-order chi connectivity index (χ0) is 15.9. The van der Waals surface area contributed by atoms with E-state index in [1.807, 2.05) is 22.4 Å². The molecule has 0 aliphatic carbocycles. The molecule has 0 spiro atoms. The van der Waals surface area contributed by atoms with E-state index in [4.69, 9.17) is 0 Å². The first-order valence-electron chi connectivity index (χ1n) is 7.00. The number of anilines is 1. The summed E-state index contributed by atoms with van der Waals surface area (Å²) in [5, 5.41) is 8.22. The van der Waals surface area contributed by atoms with E-state index in [1.54, 1.807) is 20.3 Å². The first-order chi connectivity index (χ1) is 10.4. The molecule has 0 N–H and O–H groups in total. The maximum Gasteiger partial charge on any atom is 0.281 e. The molecule has 2 aromatic rings. The lowest BCUT2D eigenvalue weighted by Gasteiger charge is -2.35. The Balaban J connectivity index is 1.82. The molecule has 0 aromatic carbocycles. The van der Waals surface area contributed by atoms with Crippen LogP contribution in [0.15, 0.2) is 12.4 Å². The molecule has 3 heterocycles. The SMILES string of the molecule is Cc1nnc2c(N3CCN(S(=O)(=O)N(C)C)CC3)nccn12. The van der Waals surface area contributed by atoms with Crippen LogP contribution in [0.2, 0.25) is 0 Å². The molecule has 0 unspecified atom stereocenters. The minimum atomic E-state index is -3.36. The normalized spacial score (nSPS) is 17.5. The van der Waals surface area contributed by atoms with Crippen LogP contribution in [-0.2, 0) is 10.2 Å². The fourth-order valence-electron chi connectivity index (χ4n) is 2.51. The zero-order valence-corrected chi connectivity index (χ0v) is 13.7. The number of piperazine rings is 1. The van der Waals surface area contributed by atoms with Gasteiger partial charge in [-0.1, -0.05) is 0 Å². The van der Waals surface area contributed by atoms with Crippen molar-refractivity contribution in [2.75, 3.05) is 45.2 Å². The predicted molar refractivity (Wildman–Crippen MR) is 81.9 cm³/mol. The Hall–Kier alpha value is -1.78. The highest BCUT2D eigenvalue weighted by Gasteiger charge is 2.29. The Morgan fingerprint density at radius 3 is 2.45 bits per heavy atom. The summed E-state index contributed by atoms with van der Waals surface area (Å²) in [5.41, 5.74) is 0.698. The van der Waals surface area contributed by atoms with E-state index in [2.05, 4.69) is 15.2 Å². The second kappa shape index (κ2) is 5.45. The number of fused-ring (bicyclic) bond motifs is 1. The summed E-state index contributed by atoms with van der Waals surface area (Å²) in [7, 11) is -0.268. The minimum Gasteiger partial charge on any atom is -0.351 e. The van der Waals surface area contributed by atoms with E-state index in [9.17, 15) is 8.42 Å². The standard InChI is InChI=1S/C12H19N7O2S/c1-10-14-15-12-11(13-4-5-19(10)12)17-6-8-18(9-7-17)22(20,21)16(2)3/h4-5H,6-9H2,1-3H3. The van der Waals surface area contributed by atoms with Gasteiger partial charge in [-0.25, -0.2) is 4.98 Å². The molecule has 1 aliphatic heterocycles. The molecule has 22 heavy (non-hydrogen) atoms. The van der Waals surface area contributed by atoms with Crippen molar-refractivity contribution in [3.05, 3.63) is 18.2 Å². The molecule has 9 nitrogen and oxygen atoms in total. The summed E-state index contributed by atoms with van der Waals surface area (Å²) in [6, 6.07) is 0. The Labute approximate surface area is 129 Å². The van der Waals surface area contributed by atoms with Crippen LogP contribution in [0.1, 0.15) is 5.82 Å². The van der Waals surface area contributed by atoms with Crippen LogP contribution >= 0.6 is 0 Å². The number of rotatable bonds is 3. The summed E-state index contributed by atoms with van der Waals surface area (Å²) in [4.78, 5) is 6.44. The maximum absolute atomic E-state index is 12.1. The molecule has 2 aromatic heterocycles. The molecule has 3 rings (SSSR count). The van der Waals surface area contributed by atoms with Gasteiger partial charge in [0.1, 0.15) is 5.82 Å². The van der Waals surface area contributed by atoms with E-state index in [-0.39, 0.29) is 0 Å². The maximum atomic E-state index is 12.1. The zero-order valence-electron chi connectivity index (χ0n) is 12.8. The Kier molecular flexibility index (Phi) is 3.75. The monoisotopic (exact) mass is 325 g/mol. The molecular weight excluding hydrogens is 306 g/mol. The Morgan fingerprint density at radius 1 is 1.14 bits per heavy atom. The second-order valence-electron chi connectivity index (χ2n) is 5.37. The lowest BCUT2D eigenvalue weighted by atomic mass is 10.3. The van der Waals surface area contributed by atoms with E-state index in [0.29, 0.717) is 31.8 Å². The molecule has 1 saturated heterocycles. The van der Waals surface area contributed by atoms with E-state index in [1.165, 1.54) is 8.61 Å². The van der Waals surface area contributed by atoms with Gasteiger partial charge in [0.15, 0.2) is 5.82 Å². The van der Waals surface area contributed by atoms with Crippen LogP contribution in [0.4, 0.5) is 5.82 Å². The smallest absolute Gasteiger partial charge is 0.281 e. The number of hydrogen-bond donors (Lipinski definition) is 0. The third kappa shape index (κ3) is 2.42. The Bertz CT molecular complexity index is 778. The van der Waals surface area contributed by atoms with E-state index >= 15 is 0 Å². The molecule has 0 atom stereocenters. The largest absolute Gasteiger partial charge is 0.351 e. The van der Waals surface area contributed by atoms with Crippen molar-refractivity contribution >= 4 is 21.7 Å². The fraction of sp³-hybridized carbons (Fsp3) is 0.583.